The minimum absolute atomic E-state index is 0.125. The number of nitrogens with zero attached hydrogens (tertiary/aromatic N) is 5. The van der Waals surface area contributed by atoms with E-state index in [0.717, 1.165) is 36.9 Å². The fraction of sp³-hybridized carbons (Fsp3) is 0.571. The summed E-state index contributed by atoms with van der Waals surface area (Å²) in [6, 6.07) is -0.125. The van der Waals surface area contributed by atoms with E-state index in [1.807, 2.05) is 11.8 Å². The Kier molecular flexibility index (Phi) is 5.46. The highest BCUT2D eigenvalue weighted by molar-refractivity contribution is 7.17. The van der Waals surface area contributed by atoms with Gasteiger partial charge in [-0.3, -0.25) is 5.32 Å². The molecule has 2 amide bonds. The number of rotatable bonds is 4. The van der Waals surface area contributed by atoms with Crippen LogP contribution >= 0.6 is 22.9 Å². The minimum atomic E-state index is -0.125. The Morgan fingerprint density at radius 2 is 2.25 bits per heavy atom. The van der Waals surface area contributed by atoms with Crippen molar-refractivity contribution >= 4 is 39.2 Å². The number of aromatic nitrogens is 3. The maximum Gasteiger partial charge on any atom is 0.323 e. The number of ether oxygens (including phenoxy) is 1. The summed E-state index contributed by atoms with van der Waals surface area (Å²) < 4.78 is 9.43. The highest BCUT2D eigenvalue weighted by Crippen LogP contribution is 2.25. The molecule has 24 heavy (non-hydrogen) atoms. The van der Waals surface area contributed by atoms with Gasteiger partial charge in [-0.05, 0) is 6.42 Å². The lowest BCUT2D eigenvalue weighted by Crippen LogP contribution is -2.38. The van der Waals surface area contributed by atoms with E-state index < -0.39 is 0 Å². The molecule has 0 bridgehead atoms. The summed E-state index contributed by atoms with van der Waals surface area (Å²) in [4.78, 5) is 25.1. The first kappa shape index (κ1) is 16.9. The van der Waals surface area contributed by atoms with Crippen LogP contribution in [0.15, 0.2) is 6.20 Å². The number of urea groups is 1. The number of thiazole rings is 1. The molecule has 3 rings (SSSR count). The normalized spacial score (nSPS) is 15.2. The van der Waals surface area contributed by atoms with Crippen LogP contribution in [0.5, 0.6) is 5.06 Å². The Morgan fingerprint density at radius 3 is 2.96 bits per heavy atom. The molecule has 2 aromatic rings. The summed E-state index contributed by atoms with van der Waals surface area (Å²) in [5.74, 6) is 0.881. The van der Waals surface area contributed by atoms with Crippen LogP contribution in [0.2, 0.25) is 0 Å². The van der Waals surface area contributed by atoms with Gasteiger partial charge in [0.25, 0.3) is 0 Å². The molecule has 1 saturated heterocycles. The van der Waals surface area contributed by atoms with Crippen molar-refractivity contribution in [3.63, 3.8) is 0 Å². The number of amides is 2. The molecule has 0 atom stereocenters. The number of carbonyl (C=O) groups is 1. The number of hydrogen-bond donors (Lipinski definition) is 1. The number of hydrogen-bond acceptors (Lipinski definition) is 8. The van der Waals surface area contributed by atoms with Crippen LogP contribution in [0, 0.1) is 0 Å². The summed E-state index contributed by atoms with van der Waals surface area (Å²) >= 11 is 2.75. The van der Waals surface area contributed by atoms with Gasteiger partial charge in [-0.15, -0.1) is 0 Å². The quantitative estimate of drug-likeness (QED) is 0.892. The molecule has 130 valence electrons. The van der Waals surface area contributed by atoms with Crippen LogP contribution in [0.3, 0.4) is 0 Å². The first-order valence-corrected chi connectivity index (χ1v) is 9.42. The van der Waals surface area contributed by atoms with E-state index in [2.05, 4.69) is 24.6 Å². The molecule has 0 spiro atoms. The van der Waals surface area contributed by atoms with E-state index >= 15 is 0 Å². The summed E-state index contributed by atoms with van der Waals surface area (Å²) in [7, 11) is 1.58. The van der Waals surface area contributed by atoms with Crippen molar-refractivity contribution < 1.29 is 9.53 Å². The summed E-state index contributed by atoms with van der Waals surface area (Å²) in [5, 5.41) is 5.00. The molecular formula is C14H20N6O2S2. The fourth-order valence-electron chi connectivity index (χ4n) is 2.41. The van der Waals surface area contributed by atoms with Crippen molar-refractivity contribution in [2.75, 3.05) is 43.5 Å². The predicted molar refractivity (Wildman–Crippen MR) is 95.4 cm³/mol. The Morgan fingerprint density at radius 1 is 1.38 bits per heavy atom. The second-order valence-electron chi connectivity index (χ2n) is 5.29. The molecule has 2 aromatic heterocycles. The molecule has 10 heteroatoms. The second kappa shape index (κ2) is 7.75. The van der Waals surface area contributed by atoms with E-state index in [1.165, 1.54) is 22.9 Å². The van der Waals surface area contributed by atoms with Crippen molar-refractivity contribution in [3.05, 3.63) is 12.0 Å². The van der Waals surface area contributed by atoms with Crippen LogP contribution < -0.4 is 15.0 Å². The molecule has 8 nitrogen and oxygen atoms in total. The Hall–Kier alpha value is -1.94. The van der Waals surface area contributed by atoms with Crippen molar-refractivity contribution in [3.8, 4) is 5.06 Å². The number of nitrogens with one attached hydrogen (secondary N) is 1. The molecular weight excluding hydrogens is 348 g/mol. The molecule has 1 aliphatic rings. The average Bonchev–Trinajstić information content (AvgIpc) is 3.18. The predicted octanol–water partition coefficient (Wildman–Crippen LogP) is 2.31. The van der Waals surface area contributed by atoms with E-state index in [-0.39, 0.29) is 6.03 Å². The molecule has 1 N–H and O–H groups in total. The monoisotopic (exact) mass is 368 g/mol. The van der Waals surface area contributed by atoms with Crippen LogP contribution in [0.25, 0.3) is 0 Å². The van der Waals surface area contributed by atoms with Crippen LogP contribution in [0.1, 0.15) is 19.2 Å². The van der Waals surface area contributed by atoms with Crippen molar-refractivity contribution in [2.45, 2.75) is 19.8 Å². The van der Waals surface area contributed by atoms with Gasteiger partial charge >= 0.3 is 6.03 Å². The maximum atomic E-state index is 12.4. The lowest BCUT2D eigenvalue weighted by Gasteiger charge is -2.21. The Balaban J connectivity index is 1.57. The number of anilines is 2. The first-order valence-electron chi connectivity index (χ1n) is 7.83. The first-order chi connectivity index (χ1) is 11.7. The van der Waals surface area contributed by atoms with Crippen LogP contribution in [-0.4, -0.2) is 58.6 Å². The molecule has 3 heterocycles. The van der Waals surface area contributed by atoms with Crippen molar-refractivity contribution in [1.29, 1.82) is 0 Å². The zero-order valence-corrected chi connectivity index (χ0v) is 15.3. The van der Waals surface area contributed by atoms with Gasteiger partial charge in [0.15, 0.2) is 10.2 Å². The lowest BCUT2D eigenvalue weighted by molar-refractivity contribution is 0.215. The van der Waals surface area contributed by atoms with E-state index in [9.17, 15) is 4.79 Å². The third-order valence-electron chi connectivity index (χ3n) is 3.73. The van der Waals surface area contributed by atoms with E-state index in [1.54, 1.807) is 13.3 Å². The molecule has 0 aliphatic carbocycles. The number of methoxy groups -OCH3 is 1. The molecule has 0 radical (unpaired) electrons. The maximum absolute atomic E-state index is 12.4. The van der Waals surface area contributed by atoms with Gasteiger partial charge in [-0.2, -0.15) is 4.37 Å². The third kappa shape index (κ3) is 3.93. The van der Waals surface area contributed by atoms with Gasteiger partial charge in [0.1, 0.15) is 5.82 Å². The molecule has 0 saturated carbocycles. The smallest absolute Gasteiger partial charge is 0.323 e. The lowest BCUT2D eigenvalue weighted by atomic mass is 10.4. The zero-order chi connectivity index (χ0) is 16.9. The number of aryl methyl sites for hydroxylation is 1. The fourth-order valence-corrected chi connectivity index (χ4v) is 3.83. The molecule has 1 aliphatic heterocycles. The van der Waals surface area contributed by atoms with Gasteiger partial charge in [-0.25, -0.2) is 14.8 Å². The second-order valence-corrected chi connectivity index (χ2v) is 7.02. The van der Waals surface area contributed by atoms with E-state index in [4.69, 9.17) is 4.74 Å². The van der Waals surface area contributed by atoms with Crippen LogP contribution in [-0.2, 0) is 6.42 Å². The van der Waals surface area contributed by atoms with Gasteiger partial charge in [0.05, 0.1) is 13.3 Å². The molecule has 0 aromatic carbocycles. The van der Waals surface area contributed by atoms with Gasteiger partial charge in [-0.1, -0.05) is 18.3 Å². The number of carbonyl (C=O) groups excluding carboxylic acids is 1. The highest BCUT2D eigenvalue weighted by atomic mass is 32.1. The van der Waals surface area contributed by atoms with Crippen LogP contribution in [0.4, 0.5) is 15.1 Å². The summed E-state index contributed by atoms with van der Waals surface area (Å²) in [6.07, 6.45) is 3.34. The van der Waals surface area contributed by atoms with E-state index in [0.29, 0.717) is 23.3 Å². The molecule has 0 unspecified atom stereocenters. The standard InChI is InChI=1S/C14H20N6O2S2/c1-3-10-16-14(24-18-10)20-6-4-5-19(7-8-20)13(21)17-12-15-9-11(22-2)23-12/h9H,3-8H2,1-2H3,(H,15,17,21). The zero-order valence-electron chi connectivity index (χ0n) is 13.7. The van der Waals surface area contributed by atoms with Crippen molar-refractivity contribution in [1.82, 2.24) is 19.2 Å². The summed E-state index contributed by atoms with van der Waals surface area (Å²) in [6.45, 7) is 5.05. The Labute approximate surface area is 148 Å². The minimum Gasteiger partial charge on any atom is -0.486 e. The Bertz CT molecular complexity index is 688. The van der Waals surface area contributed by atoms with Crippen molar-refractivity contribution in [2.24, 2.45) is 0 Å². The topological polar surface area (TPSA) is 83.5 Å². The summed E-state index contributed by atoms with van der Waals surface area (Å²) in [5.41, 5.74) is 0. The van der Waals surface area contributed by atoms with Gasteiger partial charge < -0.3 is 14.5 Å². The third-order valence-corrected chi connectivity index (χ3v) is 5.42. The van der Waals surface area contributed by atoms with Gasteiger partial charge in [0.2, 0.25) is 5.13 Å². The SMILES string of the molecule is CCc1nsc(N2CCCN(C(=O)Nc3ncc(OC)s3)CC2)n1. The highest BCUT2D eigenvalue weighted by Gasteiger charge is 2.22. The molecule has 1 fully saturated rings. The largest absolute Gasteiger partial charge is 0.486 e. The average molecular weight is 368 g/mol. The van der Waals surface area contributed by atoms with Gasteiger partial charge in [0, 0.05) is 44.1 Å².